The van der Waals surface area contributed by atoms with Crippen molar-refractivity contribution in [3.05, 3.63) is 29.0 Å². The van der Waals surface area contributed by atoms with Gasteiger partial charge in [-0.3, -0.25) is 0 Å². The highest BCUT2D eigenvalue weighted by Gasteiger charge is 2.31. The van der Waals surface area contributed by atoms with Crippen LogP contribution in [0.4, 0.5) is 13.2 Å². The predicted octanol–water partition coefficient (Wildman–Crippen LogP) is 4.21. The molecule has 1 N–H and O–H groups in total. The number of aromatic amines is 1. The molecule has 1 aromatic carbocycles. The summed E-state index contributed by atoms with van der Waals surface area (Å²) in [6, 6.07) is 6.43. The van der Waals surface area contributed by atoms with E-state index in [0.29, 0.717) is 10.3 Å². The number of rotatable bonds is 2. The van der Waals surface area contributed by atoms with Crippen molar-refractivity contribution in [3.8, 4) is 0 Å². The summed E-state index contributed by atoms with van der Waals surface area (Å²) in [6.45, 7) is 1.52. The maximum atomic E-state index is 12.4. The first-order valence-corrected chi connectivity index (χ1v) is 5.55. The van der Waals surface area contributed by atoms with Crippen LogP contribution in [-0.2, 0) is 0 Å². The summed E-state index contributed by atoms with van der Waals surface area (Å²) < 4.78 is 39.0. The summed E-state index contributed by atoms with van der Waals surface area (Å²) in [4.78, 5) is 2.90. The second-order valence-corrected chi connectivity index (χ2v) is 4.37. The number of nitrogens with one attached hydrogen (secondary N) is 1. The first-order chi connectivity index (χ1) is 7.88. The fraction of sp³-hybridized carbons (Fsp3) is 0.364. The van der Waals surface area contributed by atoms with Gasteiger partial charge in [0, 0.05) is 6.04 Å². The Labute approximate surface area is 101 Å². The Bertz CT molecular complexity index is 582. The molecule has 1 heterocycles. The van der Waals surface area contributed by atoms with Crippen LogP contribution in [0.5, 0.6) is 0 Å². The van der Waals surface area contributed by atoms with Gasteiger partial charge in [-0.25, -0.2) is 0 Å². The van der Waals surface area contributed by atoms with E-state index < -0.39 is 18.6 Å². The van der Waals surface area contributed by atoms with Crippen molar-refractivity contribution in [2.45, 2.75) is 25.6 Å². The lowest BCUT2D eigenvalue weighted by Crippen LogP contribution is -2.16. The number of benzene rings is 1. The molecule has 0 fully saturated rings. The van der Waals surface area contributed by atoms with Gasteiger partial charge >= 0.3 is 6.18 Å². The molecule has 1 unspecified atom stereocenters. The van der Waals surface area contributed by atoms with Crippen LogP contribution in [0.1, 0.15) is 19.4 Å². The zero-order chi connectivity index (χ0) is 12.6. The second kappa shape index (κ2) is 4.18. The quantitative estimate of drug-likeness (QED) is 0.802. The molecule has 17 heavy (non-hydrogen) atoms. The second-order valence-electron chi connectivity index (χ2n) is 3.99. The van der Waals surface area contributed by atoms with Crippen molar-refractivity contribution in [1.29, 1.82) is 0 Å². The third-order valence-corrected chi connectivity index (χ3v) is 2.89. The number of alkyl halides is 3. The number of para-hydroxylation sites is 2. The maximum absolute atomic E-state index is 12.4. The lowest BCUT2D eigenvalue weighted by Gasteiger charge is -2.16. The van der Waals surface area contributed by atoms with Gasteiger partial charge in [0.15, 0.2) is 4.77 Å². The van der Waals surface area contributed by atoms with Crippen molar-refractivity contribution in [3.63, 3.8) is 0 Å². The third-order valence-electron chi connectivity index (χ3n) is 2.59. The molecule has 0 bridgehead atoms. The van der Waals surface area contributed by atoms with E-state index in [-0.39, 0.29) is 0 Å². The van der Waals surface area contributed by atoms with Crippen LogP contribution in [0.2, 0.25) is 0 Å². The number of hydrogen-bond donors (Lipinski definition) is 1. The van der Waals surface area contributed by atoms with Gasteiger partial charge in [0.05, 0.1) is 17.5 Å². The molecule has 0 aliphatic carbocycles. The van der Waals surface area contributed by atoms with E-state index in [1.807, 2.05) is 6.07 Å². The number of fused-ring (bicyclic) bond motifs is 1. The van der Waals surface area contributed by atoms with Gasteiger partial charge in [0.2, 0.25) is 0 Å². The molecule has 2 aromatic rings. The minimum atomic E-state index is -4.19. The Morgan fingerprint density at radius 2 is 2.00 bits per heavy atom. The monoisotopic (exact) mass is 260 g/mol. The Balaban J connectivity index is 2.48. The highest BCUT2D eigenvalue weighted by Crippen LogP contribution is 2.29. The zero-order valence-corrected chi connectivity index (χ0v) is 9.90. The van der Waals surface area contributed by atoms with Crippen LogP contribution in [0.3, 0.4) is 0 Å². The Morgan fingerprint density at radius 1 is 1.35 bits per heavy atom. The minimum absolute atomic E-state index is 0.322. The fourth-order valence-corrected chi connectivity index (χ4v) is 2.33. The van der Waals surface area contributed by atoms with E-state index in [4.69, 9.17) is 12.2 Å². The van der Waals surface area contributed by atoms with Crippen molar-refractivity contribution in [1.82, 2.24) is 9.55 Å². The molecule has 2 nitrogen and oxygen atoms in total. The molecule has 0 aliphatic heterocycles. The molecule has 1 aromatic heterocycles. The van der Waals surface area contributed by atoms with Crippen LogP contribution >= 0.6 is 12.2 Å². The first-order valence-electron chi connectivity index (χ1n) is 5.14. The minimum Gasteiger partial charge on any atom is -0.331 e. The molecular formula is C11H11F3N2S. The molecule has 0 radical (unpaired) electrons. The SMILES string of the molecule is CC(CC(F)(F)F)n1c(=S)[nH]c2ccccc21. The van der Waals surface area contributed by atoms with E-state index in [1.54, 1.807) is 18.2 Å². The maximum Gasteiger partial charge on any atom is 0.391 e. The number of halogens is 3. The highest BCUT2D eigenvalue weighted by atomic mass is 32.1. The Hall–Kier alpha value is -1.30. The topological polar surface area (TPSA) is 20.7 Å². The van der Waals surface area contributed by atoms with Crippen LogP contribution in [0.15, 0.2) is 24.3 Å². The summed E-state index contributed by atoms with van der Waals surface area (Å²) in [6.07, 6.45) is -5.07. The molecule has 0 amide bonds. The average molecular weight is 260 g/mol. The summed E-state index contributed by atoms with van der Waals surface area (Å²) in [5, 5.41) is 0. The lowest BCUT2D eigenvalue weighted by molar-refractivity contribution is -0.141. The number of hydrogen-bond acceptors (Lipinski definition) is 1. The molecule has 0 aliphatic rings. The standard InChI is InChI=1S/C11H11F3N2S/c1-7(6-11(12,13)14)16-9-5-3-2-4-8(9)15-10(16)17/h2-5,7H,6H2,1H3,(H,15,17). The largest absolute Gasteiger partial charge is 0.391 e. The number of nitrogens with zero attached hydrogens (tertiary/aromatic N) is 1. The van der Waals surface area contributed by atoms with Crippen LogP contribution in [0, 0.1) is 4.77 Å². The molecule has 1 atom stereocenters. The Kier molecular flexibility index (Phi) is 2.99. The molecule has 6 heteroatoms. The van der Waals surface area contributed by atoms with E-state index in [1.165, 1.54) is 11.5 Å². The Morgan fingerprint density at radius 3 is 2.65 bits per heavy atom. The van der Waals surface area contributed by atoms with Crippen molar-refractivity contribution in [2.75, 3.05) is 0 Å². The normalized spacial score (nSPS) is 14.1. The van der Waals surface area contributed by atoms with Gasteiger partial charge in [-0.05, 0) is 31.3 Å². The van der Waals surface area contributed by atoms with E-state index in [0.717, 1.165) is 5.52 Å². The van der Waals surface area contributed by atoms with Gasteiger partial charge < -0.3 is 9.55 Å². The summed E-state index contributed by atoms with van der Waals surface area (Å²) in [7, 11) is 0. The van der Waals surface area contributed by atoms with Crippen LogP contribution in [-0.4, -0.2) is 15.7 Å². The van der Waals surface area contributed by atoms with Crippen molar-refractivity contribution in [2.24, 2.45) is 0 Å². The summed E-state index contributed by atoms with van der Waals surface area (Å²) in [5.41, 5.74) is 1.46. The van der Waals surface area contributed by atoms with Crippen LogP contribution < -0.4 is 0 Å². The van der Waals surface area contributed by atoms with E-state index in [9.17, 15) is 13.2 Å². The van der Waals surface area contributed by atoms with Gasteiger partial charge in [0.25, 0.3) is 0 Å². The summed E-state index contributed by atoms with van der Waals surface area (Å²) in [5.74, 6) is 0. The highest BCUT2D eigenvalue weighted by molar-refractivity contribution is 7.71. The third kappa shape index (κ3) is 2.52. The first kappa shape index (κ1) is 12.2. The smallest absolute Gasteiger partial charge is 0.331 e. The van der Waals surface area contributed by atoms with Gasteiger partial charge in [0.1, 0.15) is 0 Å². The van der Waals surface area contributed by atoms with E-state index >= 15 is 0 Å². The van der Waals surface area contributed by atoms with Gasteiger partial charge in [-0.15, -0.1) is 0 Å². The fourth-order valence-electron chi connectivity index (χ4n) is 1.94. The van der Waals surface area contributed by atoms with Crippen LogP contribution in [0.25, 0.3) is 11.0 Å². The molecule has 2 rings (SSSR count). The van der Waals surface area contributed by atoms with Crippen molar-refractivity contribution < 1.29 is 13.2 Å². The number of H-pyrrole nitrogens is 1. The summed E-state index contributed by atoms with van der Waals surface area (Å²) >= 11 is 5.06. The average Bonchev–Trinajstić information content (AvgIpc) is 2.50. The van der Waals surface area contributed by atoms with Crippen molar-refractivity contribution >= 4 is 23.3 Å². The number of aromatic nitrogens is 2. The predicted molar refractivity (Wildman–Crippen MR) is 62.5 cm³/mol. The number of imidazole rings is 1. The molecule has 0 saturated carbocycles. The molecular weight excluding hydrogens is 249 g/mol. The molecule has 92 valence electrons. The van der Waals surface area contributed by atoms with Gasteiger partial charge in [-0.1, -0.05) is 12.1 Å². The van der Waals surface area contributed by atoms with Gasteiger partial charge in [-0.2, -0.15) is 13.2 Å². The van der Waals surface area contributed by atoms with E-state index in [2.05, 4.69) is 4.98 Å². The lowest BCUT2D eigenvalue weighted by atomic mass is 10.2. The zero-order valence-electron chi connectivity index (χ0n) is 9.08. The molecule has 0 saturated heterocycles. The molecule has 0 spiro atoms.